The van der Waals surface area contributed by atoms with Gasteiger partial charge in [0.1, 0.15) is 5.75 Å². The average molecular weight is 367 g/mol. The molecule has 0 bridgehead atoms. The predicted octanol–water partition coefficient (Wildman–Crippen LogP) is 2.16. The fourth-order valence-electron chi connectivity index (χ4n) is 2.65. The third kappa shape index (κ3) is 3.38. The van der Waals surface area contributed by atoms with E-state index in [0.29, 0.717) is 0 Å². The molecule has 0 spiro atoms. The summed E-state index contributed by atoms with van der Waals surface area (Å²) in [6, 6.07) is 8.84. The van der Waals surface area contributed by atoms with Gasteiger partial charge in [0.15, 0.2) is 0 Å². The maximum absolute atomic E-state index is 12.3. The van der Waals surface area contributed by atoms with E-state index in [2.05, 4.69) is 5.43 Å². The Labute approximate surface area is 144 Å². The van der Waals surface area contributed by atoms with E-state index in [4.69, 9.17) is 11.6 Å². The fourth-order valence-corrected chi connectivity index (χ4v) is 3.71. The maximum atomic E-state index is 12.3. The standard InChI is InChI=1S/C16H15ClN2O4S/c17-12-5-7-15(20)14(9-12)16(21)18-19-24(22,23)13-6-4-10-2-1-3-11(10)8-13/h4-9,19-20H,1-3H2,(H,18,21). The number of nitrogens with one attached hydrogen (secondary N) is 2. The van der Waals surface area contributed by atoms with Crippen molar-refractivity contribution in [2.45, 2.75) is 24.2 Å². The van der Waals surface area contributed by atoms with Crippen LogP contribution in [0.2, 0.25) is 5.02 Å². The van der Waals surface area contributed by atoms with Gasteiger partial charge in [-0.2, -0.15) is 0 Å². The van der Waals surface area contributed by atoms with Crippen LogP contribution < -0.4 is 10.3 Å². The summed E-state index contributed by atoms with van der Waals surface area (Å²) in [5.41, 5.74) is 4.12. The number of fused-ring (bicyclic) bond motifs is 1. The molecule has 0 fully saturated rings. The highest BCUT2D eigenvalue weighted by Gasteiger charge is 2.20. The second-order valence-corrected chi connectivity index (χ2v) is 7.62. The highest BCUT2D eigenvalue weighted by atomic mass is 35.5. The van der Waals surface area contributed by atoms with E-state index in [1.807, 2.05) is 4.83 Å². The second kappa shape index (κ2) is 6.43. The molecule has 2 aromatic rings. The number of amides is 1. The summed E-state index contributed by atoms with van der Waals surface area (Å²) in [7, 11) is -3.90. The van der Waals surface area contributed by atoms with Crippen molar-refractivity contribution in [2.75, 3.05) is 0 Å². The van der Waals surface area contributed by atoms with Crippen LogP contribution >= 0.6 is 11.6 Å². The van der Waals surface area contributed by atoms with E-state index in [0.717, 1.165) is 30.4 Å². The molecule has 1 amide bonds. The zero-order valence-corrected chi connectivity index (χ0v) is 14.1. The number of hydrazine groups is 1. The van der Waals surface area contributed by atoms with E-state index >= 15 is 0 Å². The van der Waals surface area contributed by atoms with Gasteiger partial charge >= 0.3 is 0 Å². The Bertz CT molecular complexity index is 912. The molecule has 3 N–H and O–H groups in total. The van der Waals surface area contributed by atoms with Gasteiger partial charge < -0.3 is 5.11 Å². The minimum atomic E-state index is -3.90. The zero-order chi connectivity index (χ0) is 17.3. The minimum absolute atomic E-state index is 0.0822. The van der Waals surface area contributed by atoms with E-state index < -0.39 is 15.9 Å². The molecular weight excluding hydrogens is 352 g/mol. The Morgan fingerprint density at radius 3 is 2.62 bits per heavy atom. The van der Waals surface area contributed by atoms with Gasteiger partial charge in [0.2, 0.25) is 0 Å². The highest BCUT2D eigenvalue weighted by Crippen LogP contribution is 2.25. The number of aromatic hydroxyl groups is 1. The van der Waals surface area contributed by atoms with Crippen molar-refractivity contribution in [3.63, 3.8) is 0 Å². The van der Waals surface area contributed by atoms with Crippen LogP contribution in [0.15, 0.2) is 41.3 Å². The summed E-state index contributed by atoms with van der Waals surface area (Å²) in [4.78, 5) is 14.1. The molecule has 0 aromatic heterocycles. The van der Waals surface area contributed by atoms with Crippen molar-refractivity contribution in [1.29, 1.82) is 0 Å². The molecule has 3 rings (SSSR count). The Morgan fingerprint density at radius 2 is 1.83 bits per heavy atom. The Hall–Kier alpha value is -2.09. The van der Waals surface area contributed by atoms with Crippen LogP contribution in [0.3, 0.4) is 0 Å². The number of carbonyl (C=O) groups excluding carboxylic acids is 1. The molecular formula is C16H15ClN2O4S. The molecule has 126 valence electrons. The monoisotopic (exact) mass is 366 g/mol. The van der Waals surface area contributed by atoms with Crippen molar-refractivity contribution in [2.24, 2.45) is 0 Å². The number of phenols is 1. The van der Waals surface area contributed by atoms with Crippen LogP contribution in [0.4, 0.5) is 0 Å². The maximum Gasteiger partial charge on any atom is 0.270 e. The molecule has 0 unspecified atom stereocenters. The van der Waals surface area contributed by atoms with Gasteiger partial charge in [0.05, 0.1) is 10.5 Å². The first-order valence-corrected chi connectivity index (χ1v) is 9.15. The van der Waals surface area contributed by atoms with Crippen molar-refractivity contribution in [3.05, 3.63) is 58.1 Å². The van der Waals surface area contributed by atoms with E-state index in [9.17, 15) is 18.3 Å². The molecule has 24 heavy (non-hydrogen) atoms. The number of aryl methyl sites for hydroxylation is 2. The van der Waals surface area contributed by atoms with Crippen molar-refractivity contribution < 1.29 is 18.3 Å². The third-order valence-corrected chi connectivity index (χ3v) is 5.36. The number of sulfonamides is 1. The molecule has 0 saturated carbocycles. The zero-order valence-electron chi connectivity index (χ0n) is 12.5. The molecule has 0 radical (unpaired) electrons. The molecule has 1 aliphatic carbocycles. The summed E-state index contributed by atoms with van der Waals surface area (Å²) in [6.07, 6.45) is 2.81. The number of phenolic OH excluding ortho intramolecular Hbond substituents is 1. The lowest BCUT2D eigenvalue weighted by molar-refractivity contribution is 0.0942. The van der Waals surface area contributed by atoms with Crippen molar-refractivity contribution >= 4 is 27.5 Å². The van der Waals surface area contributed by atoms with Crippen LogP contribution in [-0.2, 0) is 22.9 Å². The van der Waals surface area contributed by atoms with Crippen molar-refractivity contribution in [3.8, 4) is 5.75 Å². The van der Waals surface area contributed by atoms with Crippen molar-refractivity contribution in [1.82, 2.24) is 10.3 Å². The number of rotatable bonds is 4. The quantitative estimate of drug-likeness (QED) is 0.722. The summed E-state index contributed by atoms with van der Waals surface area (Å²) >= 11 is 5.77. The summed E-state index contributed by atoms with van der Waals surface area (Å²) in [5, 5.41) is 9.91. The Morgan fingerprint density at radius 1 is 1.08 bits per heavy atom. The molecule has 0 aliphatic heterocycles. The van der Waals surface area contributed by atoms with E-state index in [-0.39, 0.29) is 21.2 Å². The molecule has 0 atom stereocenters. The van der Waals surface area contributed by atoms with Crippen LogP contribution in [0.5, 0.6) is 5.75 Å². The minimum Gasteiger partial charge on any atom is -0.507 e. The normalized spacial score (nSPS) is 13.5. The lowest BCUT2D eigenvalue weighted by atomic mass is 10.1. The van der Waals surface area contributed by atoms with E-state index in [1.165, 1.54) is 24.3 Å². The SMILES string of the molecule is O=C(NNS(=O)(=O)c1ccc2c(c1)CCC2)c1cc(Cl)ccc1O. The number of halogens is 1. The summed E-state index contributed by atoms with van der Waals surface area (Å²) in [5.74, 6) is -1.10. The molecule has 8 heteroatoms. The Balaban J connectivity index is 1.75. The second-order valence-electron chi connectivity index (χ2n) is 5.51. The third-order valence-electron chi connectivity index (χ3n) is 3.88. The highest BCUT2D eigenvalue weighted by molar-refractivity contribution is 7.89. The number of benzene rings is 2. The van der Waals surface area contributed by atoms with Gasteiger partial charge in [-0.05, 0) is 60.7 Å². The van der Waals surface area contributed by atoms with Crippen LogP contribution in [0.25, 0.3) is 0 Å². The van der Waals surface area contributed by atoms with Gasteiger partial charge in [0.25, 0.3) is 15.9 Å². The molecule has 1 aliphatic rings. The van der Waals surface area contributed by atoms with E-state index in [1.54, 1.807) is 12.1 Å². The van der Waals surface area contributed by atoms with Gasteiger partial charge in [-0.25, -0.2) is 8.42 Å². The lowest BCUT2D eigenvalue weighted by Crippen LogP contribution is -2.41. The molecule has 2 aromatic carbocycles. The van der Waals surface area contributed by atoms with Crippen LogP contribution in [0.1, 0.15) is 27.9 Å². The van der Waals surface area contributed by atoms with Gasteiger partial charge in [-0.3, -0.25) is 10.2 Å². The number of carbonyl (C=O) groups is 1. The topological polar surface area (TPSA) is 95.5 Å². The largest absolute Gasteiger partial charge is 0.507 e. The smallest absolute Gasteiger partial charge is 0.270 e. The first-order valence-electron chi connectivity index (χ1n) is 7.29. The number of hydrogen-bond acceptors (Lipinski definition) is 4. The lowest BCUT2D eigenvalue weighted by Gasteiger charge is -2.10. The van der Waals surface area contributed by atoms with Gasteiger partial charge in [-0.15, -0.1) is 4.83 Å². The fraction of sp³-hybridized carbons (Fsp3) is 0.188. The Kier molecular flexibility index (Phi) is 4.49. The van der Waals surface area contributed by atoms with Gasteiger partial charge in [0, 0.05) is 5.02 Å². The van der Waals surface area contributed by atoms with Gasteiger partial charge in [-0.1, -0.05) is 17.7 Å². The molecule has 0 heterocycles. The first kappa shape index (κ1) is 16.8. The summed E-state index contributed by atoms with van der Waals surface area (Å²) < 4.78 is 24.6. The molecule has 0 saturated heterocycles. The van der Waals surface area contributed by atoms with Crippen LogP contribution in [-0.4, -0.2) is 19.4 Å². The summed E-state index contributed by atoms with van der Waals surface area (Å²) in [6.45, 7) is 0. The number of hydrogen-bond donors (Lipinski definition) is 3. The van der Waals surface area contributed by atoms with Crippen LogP contribution in [0, 0.1) is 0 Å². The average Bonchev–Trinajstić information content (AvgIpc) is 3.02. The molecule has 6 nitrogen and oxygen atoms in total. The first-order chi connectivity index (χ1) is 11.4. The predicted molar refractivity (Wildman–Crippen MR) is 89.4 cm³/mol.